The Morgan fingerprint density at radius 1 is 1.04 bits per heavy atom. The molecule has 5 nitrogen and oxygen atoms in total. The highest BCUT2D eigenvalue weighted by molar-refractivity contribution is 6.37. The van der Waals surface area contributed by atoms with Crippen molar-refractivity contribution in [2.45, 2.75) is 59.3 Å². The van der Waals surface area contributed by atoms with Crippen LogP contribution < -0.4 is 5.32 Å². The van der Waals surface area contributed by atoms with Crippen molar-refractivity contribution in [1.29, 1.82) is 0 Å². The van der Waals surface area contributed by atoms with E-state index in [1.165, 1.54) is 0 Å². The average molecular weight is 321 g/mol. The van der Waals surface area contributed by atoms with E-state index < -0.39 is 11.9 Å². The number of amides is 1. The van der Waals surface area contributed by atoms with E-state index in [0.717, 1.165) is 0 Å². The smallest absolute Gasteiger partial charge is 0.397 e. The van der Waals surface area contributed by atoms with Crippen molar-refractivity contribution in [3.05, 3.63) is 23.3 Å². The number of esters is 1. The molecule has 23 heavy (non-hydrogen) atoms. The minimum Gasteiger partial charge on any atom is -0.507 e. The molecule has 0 atom stereocenters. The lowest BCUT2D eigenvalue weighted by Crippen LogP contribution is -2.26. The third kappa shape index (κ3) is 4.71. The Labute approximate surface area is 138 Å². The molecule has 0 aliphatic heterocycles. The number of phenolic OH excluding ortho intramolecular Hbond substituents is 1. The quantitative estimate of drug-likeness (QED) is 0.497. The summed E-state index contributed by atoms with van der Waals surface area (Å²) in [6.07, 6.45) is 0. The van der Waals surface area contributed by atoms with Crippen LogP contribution in [0.4, 0.5) is 5.69 Å². The van der Waals surface area contributed by atoms with Crippen LogP contribution in [0.5, 0.6) is 5.75 Å². The van der Waals surface area contributed by atoms with Crippen LogP contribution in [0.15, 0.2) is 12.1 Å². The van der Waals surface area contributed by atoms with Crippen LogP contribution in [0.1, 0.15) is 59.6 Å². The van der Waals surface area contributed by atoms with Crippen LogP contribution in [0.2, 0.25) is 0 Å². The van der Waals surface area contributed by atoms with Crippen molar-refractivity contribution in [2.24, 2.45) is 0 Å². The second kappa shape index (κ2) is 6.60. The molecule has 0 saturated heterocycles. The van der Waals surface area contributed by atoms with Gasteiger partial charge >= 0.3 is 11.9 Å². The van der Waals surface area contributed by atoms with Gasteiger partial charge in [0.15, 0.2) is 0 Å². The minimum atomic E-state index is -0.921. The van der Waals surface area contributed by atoms with Crippen molar-refractivity contribution in [1.82, 2.24) is 0 Å². The van der Waals surface area contributed by atoms with Crippen molar-refractivity contribution in [2.75, 3.05) is 11.9 Å². The number of phenols is 1. The maximum Gasteiger partial charge on any atom is 0.397 e. The van der Waals surface area contributed by atoms with Crippen molar-refractivity contribution < 1.29 is 19.4 Å². The van der Waals surface area contributed by atoms with Gasteiger partial charge in [-0.25, -0.2) is 4.79 Å². The molecule has 0 aliphatic rings. The summed E-state index contributed by atoms with van der Waals surface area (Å²) in [5, 5.41) is 13.2. The molecule has 2 N–H and O–H groups in total. The predicted octanol–water partition coefficient (Wildman–Crippen LogP) is 3.49. The van der Waals surface area contributed by atoms with Gasteiger partial charge in [0.25, 0.3) is 0 Å². The highest BCUT2D eigenvalue weighted by atomic mass is 16.5. The third-order valence-corrected chi connectivity index (χ3v) is 3.44. The molecule has 128 valence electrons. The summed E-state index contributed by atoms with van der Waals surface area (Å²) >= 11 is 0. The van der Waals surface area contributed by atoms with Gasteiger partial charge in [-0.15, -0.1) is 0 Å². The maximum atomic E-state index is 11.9. The normalized spacial score (nSPS) is 12.0. The lowest BCUT2D eigenvalue weighted by atomic mass is 9.79. The van der Waals surface area contributed by atoms with Gasteiger partial charge in [-0.3, -0.25) is 4.79 Å². The topological polar surface area (TPSA) is 75.6 Å². The summed E-state index contributed by atoms with van der Waals surface area (Å²) in [6, 6.07) is 3.39. The Hall–Kier alpha value is -2.04. The van der Waals surface area contributed by atoms with E-state index in [1.54, 1.807) is 19.1 Å². The van der Waals surface area contributed by atoms with E-state index in [2.05, 4.69) is 5.32 Å². The average Bonchev–Trinajstić information content (AvgIpc) is 2.38. The molecule has 1 aromatic carbocycles. The molecule has 1 rings (SSSR count). The molecule has 5 heteroatoms. The SMILES string of the molecule is CCOC(=O)C(=O)Nc1cc(C(C)(C)C)c(O)c(C(C)(C)C)c1. The molecule has 0 aromatic heterocycles. The van der Waals surface area contributed by atoms with Crippen LogP contribution in [0, 0.1) is 0 Å². The molecule has 0 fully saturated rings. The lowest BCUT2D eigenvalue weighted by Gasteiger charge is -2.28. The zero-order chi connectivity index (χ0) is 18.0. The fourth-order valence-electron chi connectivity index (χ4n) is 2.23. The zero-order valence-corrected chi connectivity index (χ0v) is 15.0. The number of ether oxygens (including phenoxy) is 1. The number of nitrogens with one attached hydrogen (secondary N) is 1. The summed E-state index contributed by atoms with van der Waals surface area (Å²) < 4.78 is 4.69. The zero-order valence-electron chi connectivity index (χ0n) is 15.0. The van der Waals surface area contributed by atoms with Gasteiger partial charge in [0.05, 0.1) is 6.61 Å². The summed E-state index contributed by atoms with van der Waals surface area (Å²) in [5.41, 5.74) is 1.27. The Morgan fingerprint density at radius 3 is 1.83 bits per heavy atom. The number of carbonyl (C=O) groups is 2. The fraction of sp³-hybridized carbons (Fsp3) is 0.556. The van der Waals surface area contributed by atoms with Crippen LogP contribution in [-0.2, 0) is 25.2 Å². The van der Waals surface area contributed by atoms with E-state index in [0.29, 0.717) is 16.8 Å². The van der Waals surface area contributed by atoms with Crippen molar-refractivity contribution in [3.63, 3.8) is 0 Å². The number of hydrogen-bond acceptors (Lipinski definition) is 4. The second-order valence-electron chi connectivity index (χ2n) is 7.59. The Kier molecular flexibility index (Phi) is 5.46. The highest BCUT2D eigenvalue weighted by Crippen LogP contribution is 2.40. The molecule has 0 aliphatic carbocycles. The van der Waals surface area contributed by atoms with Crippen LogP contribution in [0.25, 0.3) is 0 Å². The summed E-state index contributed by atoms with van der Waals surface area (Å²) in [4.78, 5) is 23.4. The molecule has 0 heterocycles. The van der Waals surface area contributed by atoms with Gasteiger partial charge in [0.2, 0.25) is 0 Å². The summed E-state index contributed by atoms with van der Waals surface area (Å²) in [5.74, 6) is -1.52. The Balaban J connectivity index is 3.34. The number of benzene rings is 1. The number of anilines is 1. The monoisotopic (exact) mass is 321 g/mol. The largest absolute Gasteiger partial charge is 0.507 e. The molecule has 1 aromatic rings. The maximum absolute atomic E-state index is 11.9. The van der Waals surface area contributed by atoms with E-state index in [9.17, 15) is 14.7 Å². The molecular weight excluding hydrogens is 294 g/mol. The van der Waals surface area contributed by atoms with Crippen molar-refractivity contribution >= 4 is 17.6 Å². The van der Waals surface area contributed by atoms with Gasteiger partial charge in [-0.05, 0) is 29.9 Å². The van der Waals surface area contributed by atoms with Gasteiger partial charge in [-0.1, -0.05) is 41.5 Å². The van der Waals surface area contributed by atoms with E-state index in [1.807, 2.05) is 41.5 Å². The first-order chi connectivity index (χ1) is 10.4. The molecule has 1 amide bonds. The van der Waals surface area contributed by atoms with Gasteiger partial charge in [0.1, 0.15) is 5.75 Å². The molecule has 0 bridgehead atoms. The molecule has 0 radical (unpaired) electrons. The number of rotatable bonds is 2. The van der Waals surface area contributed by atoms with E-state index in [4.69, 9.17) is 4.74 Å². The Morgan fingerprint density at radius 2 is 1.48 bits per heavy atom. The van der Waals surface area contributed by atoms with Gasteiger partial charge in [0, 0.05) is 16.8 Å². The third-order valence-electron chi connectivity index (χ3n) is 3.44. The van der Waals surface area contributed by atoms with E-state index >= 15 is 0 Å². The second-order valence-corrected chi connectivity index (χ2v) is 7.59. The number of aromatic hydroxyl groups is 1. The highest BCUT2D eigenvalue weighted by Gasteiger charge is 2.27. The minimum absolute atomic E-state index is 0.141. The summed E-state index contributed by atoms with van der Waals surface area (Å²) in [7, 11) is 0. The summed E-state index contributed by atoms with van der Waals surface area (Å²) in [6.45, 7) is 13.6. The lowest BCUT2D eigenvalue weighted by molar-refractivity contribution is -0.152. The molecule has 0 unspecified atom stereocenters. The van der Waals surface area contributed by atoms with Crippen LogP contribution in [-0.4, -0.2) is 23.6 Å². The van der Waals surface area contributed by atoms with Crippen molar-refractivity contribution in [3.8, 4) is 5.75 Å². The van der Waals surface area contributed by atoms with E-state index in [-0.39, 0.29) is 23.2 Å². The Bertz CT molecular complexity index is 571. The molecule has 0 spiro atoms. The van der Waals surface area contributed by atoms with Crippen LogP contribution >= 0.6 is 0 Å². The predicted molar refractivity (Wildman–Crippen MR) is 90.8 cm³/mol. The first-order valence-corrected chi connectivity index (χ1v) is 7.74. The van der Waals surface area contributed by atoms with Gasteiger partial charge in [-0.2, -0.15) is 0 Å². The first-order valence-electron chi connectivity index (χ1n) is 7.74. The molecular formula is C18H27NO4. The van der Waals surface area contributed by atoms with Gasteiger partial charge < -0.3 is 15.2 Å². The standard InChI is InChI=1S/C18H27NO4/c1-8-23-16(22)15(21)19-11-9-12(17(2,3)4)14(20)13(10-11)18(5,6)7/h9-10,20H,8H2,1-7H3,(H,19,21). The first kappa shape index (κ1) is 19.0. The number of hydrogen-bond donors (Lipinski definition) is 2. The molecule has 0 saturated carbocycles. The number of carbonyl (C=O) groups excluding carboxylic acids is 2. The van der Waals surface area contributed by atoms with Crippen LogP contribution in [0.3, 0.4) is 0 Å². The fourth-order valence-corrected chi connectivity index (χ4v) is 2.23.